The molecule has 1 aromatic rings. The van der Waals surface area contributed by atoms with Gasteiger partial charge in [0.2, 0.25) is 0 Å². The number of rotatable bonds is 3. The Bertz CT molecular complexity index is 218. The molecule has 0 unspecified atom stereocenters. The minimum Gasteiger partial charge on any atom is -0.399 e. The van der Waals surface area contributed by atoms with Crippen LogP contribution in [0.1, 0.15) is 5.56 Å². The van der Waals surface area contributed by atoms with E-state index in [4.69, 9.17) is 0 Å². The SMILES string of the molecule is CO/N=C/Cc1ccccc1. The zero-order valence-corrected chi connectivity index (χ0v) is 6.53. The molecular formula is C9H11NO. The Morgan fingerprint density at radius 3 is 2.73 bits per heavy atom. The van der Waals surface area contributed by atoms with Crippen molar-refractivity contribution in [1.29, 1.82) is 0 Å². The third kappa shape index (κ3) is 2.85. The third-order valence-corrected chi connectivity index (χ3v) is 1.35. The van der Waals surface area contributed by atoms with E-state index in [9.17, 15) is 0 Å². The van der Waals surface area contributed by atoms with Gasteiger partial charge in [-0.15, -0.1) is 0 Å². The largest absolute Gasteiger partial charge is 0.399 e. The number of hydrogen-bond donors (Lipinski definition) is 0. The van der Waals surface area contributed by atoms with Crippen molar-refractivity contribution in [3.63, 3.8) is 0 Å². The van der Waals surface area contributed by atoms with Crippen LogP contribution in [-0.2, 0) is 11.3 Å². The van der Waals surface area contributed by atoms with Crippen LogP contribution in [0.2, 0.25) is 0 Å². The highest BCUT2D eigenvalue weighted by Gasteiger charge is 1.85. The number of benzene rings is 1. The average molecular weight is 149 g/mol. The second-order valence-corrected chi connectivity index (χ2v) is 2.16. The first-order valence-corrected chi connectivity index (χ1v) is 3.52. The van der Waals surface area contributed by atoms with E-state index in [0.29, 0.717) is 0 Å². The Balaban J connectivity index is 2.45. The Hall–Kier alpha value is -1.31. The topological polar surface area (TPSA) is 21.6 Å². The molecule has 0 saturated heterocycles. The smallest absolute Gasteiger partial charge is 0.106 e. The van der Waals surface area contributed by atoms with E-state index in [0.717, 1.165) is 6.42 Å². The average Bonchev–Trinajstić information content (AvgIpc) is 2.07. The molecule has 0 aromatic heterocycles. The molecule has 0 aliphatic rings. The lowest BCUT2D eigenvalue weighted by Gasteiger charge is -1.92. The second-order valence-electron chi connectivity index (χ2n) is 2.16. The summed E-state index contributed by atoms with van der Waals surface area (Å²) in [5.74, 6) is 0. The molecule has 0 heterocycles. The van der Waals surface area contributed by atoms with Crippen LogP contribution >= 0.6 is 0 Å². The molecule has 2 nitrogen and oxygen atoms in total. The lowest BCUT2D eigenvalue weighted by molar-refractivity contribution is 0.215. The Morgan fingerprint density at radius 1 is 1.36 bits per heavy atom. The fourth-order valence-electron chi connectivity index (χ4n) is 0.831. The molecule has 0 spiro atoms. The standard InChI is InChI=1S/C9H11NO/c1-11-10-8-7-9-5-3-2-4-6-9/h2-6,8H,7H2,1H3/b10-8+. The van der Waals surface area contributed by atoms with Gasteiger partial charge in [0.1, 0.15) is 7.11 Å². The summed E-state index contributed by atoms with van der Waals surface area (Å²) in [6, 6.07) is 10.1. The molecule has 0 bridgehead atoms. The van der Waals surface area contributed by atoms with Crippen molar-refractivity contribution < 1.29 is 4.84 Å². The van der Waals surface area contributed by atoms with E-state index in [1.165, 1.54) is 5.56 Å². The highest BCUT2D eigenvalue weighted by Crippen LogP contribution is 1.97. The minimum atomic E-state index is 0.828. The van der Waals surface area contributed by atoms with Gasteiger partial charge in [0.15, 0.2) is 0 Å². The molecule has 1 aromatic carbocycles. The quantitative estimate of drug-likeness (QED) is 0.475. The van der Waals surface area contributed by atoms with Gasteiger partial charge in [0.25, 0.3) is 0 Å². The van der Waals surface area contributed by atoms with E-state index in [2.05, 4.69) is 22.1 Å². The Kier molecular flexibility index (Phi) is 3.19. The van der Waals surface area contributed by atoms with Crippen molar-refractivity contribution in [1.82, 2.24) is 0 Å². The summed E-state index contributed by atoms with van der Waals surface area (Å²) in [4.78, 5) is 4.53. The van der Waals surface area contributed by atoms with E-state index < -0.39 is 0 Å². The summed E-state index contributed by atoms with van der Waals surface area (Å²) in [5, 5.41) is 3.64. The molecule has 11 heavy (non-hydrogen) atoms. The van der Waals surface area contributed by atoms with Crippen molar-refractivity contribution >= 4 is 6.21 Å². The number of nitrogens with zero attached hydrogens (tertiary/aromatic N) is 1. The van der Waals surface area contributed by atoms with Crippen LogP contribution in [0.3, 0.4) is 0 Å². The van der Waals surface area contributed by atoms with E-state index in [1.54, 1.807) is 13.3 Å². The van der Waals surface area contributed by atoms with Gasteiger partial charge in [-0.1, -0.05) is 35.5 Å². The van der Waals surface area contributed by atoms with Gasteiger partial charge in [0.05, 0.1) is 0 Å². The van der Waals surface area contributed by atoms with Crippen molar-refractivity contribution in [2.75, 3.05) is 7.11 Å². The first-order valence-electron chi connectivity index (χ1n) is 3.52. The molecule has 2 heteroatoms. The summed E-state index contributed by atoms with van der Waals surface area (Å²) in [7, 11) is 1.54. The second kappa shape index (κ2) is 4.50. The molecule has 1 rings (SSSR count). The van der Waals surface area contributed by atoms with Crippen LogP contribution in [0.15, 0.2) is 35.5 Å². The molecular weight excluding hydrogens is 138 g/mol. The number of oxime groups is 1. The van der Waals surface area contributed by atoms with E-state index in [-0.39, 0.29) is 0 Å². The first-order chi connectivity index (χ1) is 5.43. The van der Waals surface area contributed by atoms with Crippen LogP contribution in [0.4, 0.5) is 0 Å². The van der Waals surface area contributed by atoms with Gasteiger partial charge >= 0.3 is 0 Å². The fraction of sp³-hybridized carbons (Fsp3) is 0.222. The summed E-state index contributed by atoms with van der Waals surface area (Å²) in [6.45, 7) is 0. The molecule has 0 aliphatic heterocycles. The van der Waals surface area contributed by atoms with Crippen LogP contribution in [-0.4, -0.2) is 13.3 Å². The van der Waals surface area contributed by atoms with Gasteiger partial charge in [0, 0.05) is 12.6 Å². The van der Waals surface area contributed by atoms with Gasteiger partial charge in [-0.05, 0) is 5.56 Å². The zero-order chi connectivity index (χ0) is 7.94. The first kappa shape index (κ1) is 7.79. The molecule has 0 atom stereocenters. The maximum Gasteiger partial charge on any atom is 0.106 e. The summed E-state index contributed by atoms with van der Waals surface area (Å²) in [6.07, 6.45) is 2.57. The third-order valence-electron chi connectivity index (χ3n) is 1.35. The highest BCUT2D eigenvalue weighted by molar-refractivity contribution is 5.60. The van der Waals surface area contributed by atoms with Crippen LogP contribution in [0.5, 0.6) is 0 Å². The fourth-order valence-corrected chi connectivity index (χ4v) is 0.831. The summed E-state index contributed by atoms with van der Waals surface area (Å²) < 4.78 is 0. The lowest BCUT2D eigenvalue weighted by Crippen LogP contribution is -1.84. The molecule has 0 fully saturated rings. The lowest BCUT2D eigenvalue weighted by atomic mass is 10.2. The summed E-state index contributed by atoms with van der Waals surface area (Å²) >= 11 is 0. The molecule has 0 amide bonds. The van der Waals surface area contributed by atoms with Crippen LogP contribution in [0, 0.1) is 0 Å². The Morgan fingerprint density at radius 2 is 2.09 bits per heavy atom. The predicted octanol–water partition coefficient (Wildman–Crippen LogP) is 1.86. The van der Waals surface area contributed by atoms with Crippen LogP contribution < -0.4 is 0 Å². The molecule has 58 valence electrons. The summed E-state index contributed by atoms with van der Waals surface area (Å²) in [5.41, 5.74) is 1.24. The number of hydrogen-bond acceptors (Lipinski definition) is 2. The van der Waals surface area contributed by atoms with Crippen molar-refractivity contribution in [3.05, 3.63) is 35.9 Å². The monoisotopic (exact) mass is 149 g/mol. The minimum absolute atomic E-state index is 0.828. The van der Waals surface area contributed by atoms with Gasteiger partial charge in [-0.3, -0.25) is 0 Å². The van der Waals surface area contributed by atoms with Gasteiger partial charge < -0.3 is 4.84 Å². The Labute approximate surface area is 66.5 Å². The zero-order valence-electron chi connectivity index (χ0n) is 6.53. The van der Waals surface area contributed by atoms with Gasteiger partial charge in [-0.25, -0.2) is 0 Å². The maximum absolute atomic E-state index is 4.53. The predicted molar refractivity (Wildman–Crippen MR) is 45.6 cm³/mol. The van der Waals surface area contributed by atoms with Crippen molar-refractivity contribution in [2.45, 2.75) is 6.42 Å². The molecule has 0 N–H and O–H groups in total. The van der Waals surface area contributed by atoms with E-state index >= 15 is 0 Å². The molecule has 0 saturated carbocycles. The van der Waals surface area contributed by atoms with Crippen molar-refractivity contribution in [3.8, 4) is 0 Å². The maximum atomic E-state index is 4.53. The van der Waals surface area contributed by atoms with Crippen molar-refractivity contribution in [2.24, 2.45) is 5.16 Å². The van der Waals surface area contributed by atoms with Crippen LogP contribution in [0.25, 0.3) is 0 Å². The highest BCUT2D eigenvalue weighted by atomic mass is 16.6. The molecule has 0 radical (unpaired) electrons. The van der Waals surface area contributed by atoms with Gasteiger partial charge in [-0.2, -0.15) is 0 Å². The van der Waals surface area contributed by atoms with E-state index in [1.807, 2.05) is 18.2 Å². The normalized spacial score (nSPS) is 10.3. The molecule has 0 aliphatic carbocycles.